The molecule has 0 radical (unpaired) electrons. The average molecular weight is 407 g/mol. The second-order valence-electron chi connectivity index (χ2n) is 7.40. The molecular weight excluding hydrogens is 376 g/mol. The zero-order valence-corrected chi connectivity index (χ0v) is 17.4. The van der Waals surface area contributed by atoms with E-state index in [0.717, 1.165) is 38.5 Å². The van der Waals surface area contributed by atoms with Crippen molar-refractivity contribution in [2.75, 3.05) is 45.6 Å². The molecule has 1 aliphatic rings. The van der Waals surface area contributed by atoms with Crippen LogP contribution in [-0.4, -0.2) is 54.0 Å². The summed E-state index contributed by atoms with van der Waals surface area (Å²) in [5.74, 6) is 1.36. The van der Waals surface area contributed by atoms with Gasteiger partial charge in [0, 0.05) is 5.56 Å². The monoisotopic (exact) mass is 406 g/mol. The maximum absolute atomic E-state index is 12.2. The summed E-state index contributed by atoms with van der Waals surface area (Å²) in [6.07, 6.45) is 0. The van der Waals surface area contributed by atoms with Crippen molar-refractivity contribution in [2.24, 2.45) is 0 Å². The fraction of sp³-hybridized carbons (Fsp3) is 0.429. The molecule has 1 saturated heterocycles. The first-order chi connectivity index (χ1) is 13.4. The van der Waals surface area contributed by atoms with Crippen LogP contribution in [0.5, 0.6) is 11.5 Å². The lowest BCUT2D eigenvalue weighted by Crippen LogP contribution is -3.27. The molecule has 2 aromatic carbocycles. The van der Waals surface area contributed by atoms with Crippen molar-refractivity contribution < 1.29 is 27.1 Å². The van der Waals surface area contributed by atoms with Gasteiger partial charge in [0.2, 0.25) is 0 Å². The first kappa shape index (κ1) is 20.6. The number of ether oxygens (including phenoxy) is 1. The smallest absolute Gasteiger partial charge is 0.314 e. The predicted molar refractivity (Wildman–Crippen MR) is 109 cm³/mol. The Hall–Kier alpha value is -2.09. The second kappa shape index (κ2) is 9.41. The molecule has 7 heteroatoms. The molecule has 0 unspecified atom stereocenters. The first-order valence-corrected chi connectivity index (χ1v) is 11.3. The Morgan fingerprint density at radius 3 is 2.32 bits per heavy atom. The Labute approximate surface area is 167 Å². The molecule has 0 atom stereocenters. The number of nitrogens with one attached hydrogen (secondary N) is 2. The van der Waals surface area contributed by atoms with Gasteiger partial charge in [0.1, 0.15) is 50.0 Å². The van der Waals surface area contributed by atoms with Crippen LogP contribution in [0.25, 0.3) is 0 Å². The van der Waals surface area contributed by atoms with Gasteiger partial charge in [-0.3, -0.25) is 0 Å². The van der Waals surface area contributed by atoms with Crippen LogP contribution in [0.3, 0.4) is 0 Å². The molecule has 0 saturated carbocycles. The number of hydrogen-bond acceptors (Lipinski definition) is 4. The van der Waals surface area contributed by atoms with E-state index in [1.165, 1.54) is 20.9 Å². The van der Waals surface area contributed by atoms with Gasteiger partial charge in [-0.1, -0.05) is 29.8 Å². The van der Waals surface area contributed by atoms with Crippen molar-refractivity contribution in [1.29, 1.82) is 0 Å². The molecule has 0 spiro atoms. The van der Waals surface area contributed by atoms with Crippen LogP contribution < -0.4 is 18.7 Å². The lowest BCUT2D eigenvalue weighted by molar-refractivity contribution is -1.02. The van der Waals surface area contributed by atoms with Gasteiger partial charge in [-0.05, 0) is 31.2 Å². The summed E-state index contributed by atoms with van der Waals surface area (Å²) in [7, 11) is -1.84. The van der Waals surface area contributed by atoms with Crippen molar-refractivity contribution in [2.45, 2.75) is 13.5 Å². The molecule has 28 heavy (non-hydrogen) atoms. The minimum atomic E-state index is -3.55. The van der Waals surface area contributed by atoms with Crippen LogP contribution in [0.4, 0.5) is 0 Å². The second-order valence-corrected chi connectivity index (χ2v) is 9.09. The van der Waals surface area contributed by atoms with Gasteiger partial charge in [0.25, 0.3) is 0 Å². The van der Waals surface area contributed by atoms with Gasteiger partial charge < -0.3 is 18.7 Å². The normalized spacial score (nSPS) is 19.9. The fourth-order valence-electron chi connectivity index (χ4n) is 3.63. The van der Waals surface area contributed by atoms with Crippen molar-refractivity contribution in [1.82, 2.24) is 0 Å². The minimum Gasteiger partial charge on any atom is -0.496 e. The van der Waals surface area contributed by atoms with Crippen LogP contribution in [-0.2, 0) is 16.7 Å². The Kier molecular flexibility index (Phi) is 6.93. The number of quaternary nitrogens is 2. The third-order valence-electron chi connectivity index (χ3n) is 5.21. The molecule has 0 aliphatic carbocycles. The first-order valence-electron chi connectivity index (χ1n) is 9.73. The Bertz CT molecular complexity index is 863. The summed E-state index contributed by atoms with van der Waals surface area (Å²) >= 11 is 0. The lowest BCUT2D eigenvalue weighted by atomic mass is 10.1. The van der Waals surface area contributed by atoms with E-state index >= 15 is 0 Å². The van der Waals surface area contributed by atoms with E-state index in [2.05, 4.69) is 19.1 Å². The van der Waals surface area contributed by atoms with Crippen molar-refractivity contribution in [3.8, 4) is 11.5 Å². The number of hydrogen-bond donors (Lipinski definition) is 2. The van der Waals surface area contributed by atoms with Crippen LogP contribution in [0.1, 0.15) is 11.1 Å². The van der Waals surface area contributed by atoms with E-state index < -0.39 is 10.1 Å². The number of aryl methyl sites for hydroxylation is 1. The highest BCUT2D eigenvalue weighted by atomic mass is 32.2. The van der Waals surface area contributed by atoms with E-state index in [-0.39, 0.29) is 5.75 Å². The minimum absolute atomic E-state index is 0.0399. The Morgan fingerprint density at radius 1 is 0.964 bits per heavy atom. The maximum atomic E-state index is 12.2. The zero-order valence-electron chi connectivity index (χ0n) is 16.6. The number of para-hydroxylation sites is 1. The van der Waals surface area contributed by atoms with Crippen LogP contribution in [0.2, 0.25) is 0 Å². The summed E-state index contributed by atoms with van der Waals surface area (Å²) in [5, 5.41) is 0. The number of rotatable bonds is 8. The zero-order chi connectivity index (χ0) is 20.0. The topological polar surface area (TPSA) is 61.5 Å². The van der Waals surface area contributed by atoms with E-state index in [4.69, 9.17) is 8.92 Å². The summed E-state index contributed by atoms with van der Waals surface area (Å²) in [6.45, 7) is 7.58. The fourth-order valence-corrected chi connectivity index (χ4v) is 4.66. The van der Waals surface area contributed by atoms with Gasteiger partial charge >= 0.3 is 10.1 Å². The largest absolute Gasteiger partial charge is 0.496 e. The number of methoxy groups -OCH3 is 1. The van der Waals surface area contributed by atoms with Gasteiger partial charge in [-0.15, -0.1) is 0 Å². The van der Waals surface area contributed by atoms with Crippen LogP contribution >= 0.6 is 0 Å². The molecule has 152 valence electrons. The molecule has 2 aromatic rings. The third-order valence-corrected chi connectivity index (χ3v) is 6.36. The summed E-state index contributed by atoms with van der Waals surface area (Å²) in [4.78, 5) is 2.83. The van der Waals surface area contributed by atoms with E-state index in [9.17, 15) is 8.42 Å². The number of benzene rings is 2. The SMILES string of the molecule is COc1ccc(C)cc1C[NH+]1CC[NH+](CCS(=O)(=O)Oc2ccccc2)CC1. The molecule has 2 N–H and O–H groups in total. The van der Waals surface area contributed by atoms with Crippen molar-refractivity contribution in [3.63, 3.8) is 0 Å². The van der Waals surface area contributed by atoms with Crippen molar-refractivity contribution in [3.05, 3.63) is 59.7 Å². The summed E-state index contributed by atoms with van der Waals surface area (Å²) in [6, 6.07) is 15.0. The van der Waals surface area contributed by atoms with Gasteiger partial charge in [0.05, 0.1) is 13.7 Å². The average Bonchev–Trinajstić information content (AvgIpc) is 2.68. The van der Waals surface area contributed by atoms with E-state index in [1.807, 2.05) is 12.1 Å². The molecule has 1 heterocycles. The van der Waals surface area contributed by atoms with Gasteiger partial charge in [-0.25, -0.2) is 0 Å². The summed E-state index contributed by atoms with van der Waals surface area (Å²) in [5.41, 5.74) is 2.47. The van der Waals surface area contributed by atoms with Crippen LogP contribution in [0.15, 0.2) is 48.5 Å². The maximum Gasteiger partial charge on any atom is 0.314 e. The van der Waals surface area contributed by atoms with Crippen LogP contribution in [0, 0.1) is 6.92 Å². The highest BCUT2D eigenvalue weighted by molar-refractivity contribution is 7.87. The number of piperazine rings is 1. The van der Waals surface area contributed by atoms with Crippen molar-refractivity contribution >= 4 is 10.1 Å². The third kappa shape index (κ3) is 5.95. The highest BCUT2D eigenvalue weighted by Crippen LogP contribution is 2.18. The quantitative estimate of drug-likeness (QED) is 0.591. The van der Waals surface area contributed by atoms with Gasteiger partial charge in [0.15, 0.2) is 0 Å². The molecule has 1 fully saturated rings. The molecule has 0 amide bonds. The molecule has 1 aliphatic heterocycles. The molecule has 0 bridgehead atoms. The Balaban J connectivity index is 1.46. The summed E-state index contributed by atoms with van der Waals surface area (Å²) < 4.78 is 35.1. The lowest BCUT2D eigenvalue weighted by Gasteiger charge is -2.30. The van der Waals surface area contributed by atoms with E-state index in [0.29, 0.717) is 12.3 Å². The molecular formula is C21H30N2O4S+2. The molecule has 6 nitrogen and oxygen atoms in total. The molecule has 0 aromatic heterocycles. The standard InChI is InChI=1S/C21H28N2O4S/c1-18-8-9-21(26-2)19(16-18)17-23-12-10-22(11-13-23)14-15-28(24,25)27-20-6-4-3-5-7-20/h3-9,16H,10-15,17H2,1-2H3/p+2. The predicted octanol–water partition coefficient (Wildman–Crippen LogP) is -0.304. The Morgan fingerprint density at radius 2 is 1.64 bits per heavy atom. The molecule has 3 rings (SSSR count). The van der Waals surface area contributed by atoms with E-state index in [1.54, 1.807) is 31.4 Å². The highest BCUT2D eigenvalue weighted by Gasteiger charge is 2.26. The van der Waals surface area contributed by atoms with Gasteiger partial charge in [-0.2, -0.15) is 8.42 Å².